The van der Waals surface area contributed by atoms with Gasteiger partial charge in [0.05, 0.1) is 5.56 Å². The highest BCUT2D eigenvalue weighted by Crippen LogP contribution is 2.02. The van der Waals surface area contributed by atoms with Gasteiger partial charge < -0.3 is 9.88 Å². The summed E-state index contributed by atoms with van der Waals surface area (Å²) in [5.74, 6) is -0.304. The normalized spacial score (nSPS) is 10.9. The van der Waals surface area contributed by atoms with Crippen LogP contribution in [0.2, 0.25) is 0 Å². The van der Waals surface area contributed by atoms with Gasteiger partial charge in [-0.05, 0) is 18.6 Å². The summed E-state index contributed by atoms with van der Waals surface area (Å²) in [5, 5.41) is 2.75. The lowest BCUT2D eigenvalue weighted by Gasteiger charge is -2.04. The number of amides is 1. The highest BCUT2D eigenvalue weighted by atomic mass is 16.2. The summed E-state index contributed by atoms with van der Waals surface area (Å²) < 4.78 is 2.30. The molecule has 23 heavy (non-hydrogen) atoms. The third kappa shape index (κ3) is 4.06. The molecule has 120 valence electrons. The van der Waals surface area contributed by atoms with Gasteiger partial charge in [-0.3, -0.25) is 14.2 Å². The second kappa shape index (κ2) is 6.91. The van der Waals surface area contributed by atoms with Crippen molar-refractivity contribution in [2.75, 3.05) is 0 Å². The van der Waals surface area contributed by atoms with E-state index in [0.717, 1.165) is 15.7 Å². The van der Waals surface area contributed by atoms with Gasteiger partial charge >= 0.3 is 5.69 Å². The van der Waals surface area contributed by atoms with Crippen LogP contribution in [0.25, 0.3) is 6.08 Å². The number of hydrogen-bond donors (Lipinski definition) is 1. The fourth-order valence-electron chi connectivity index (χ4n) is 2.07. The average molecular weight is 313 g/mol. The summed E-state index contributed by atoms with van der Waals surface area (Å²) in [6, 6.07) is 7.85. The van der Waals surface area contributed by atoms with E-state index < -0.39 is 11.2 Å². The number of aromatic nitrogens is 2. The van der Waals surface area contributed by atoms with E-state index in [1.54, 1.807) is 7.05 Å². The molecule has 1 amide bonds. The third-order valence-corrected chi connectivity index (χ3v) is 3.47. The number of benzene rings is 1. The molecule has 0 radical (unpaired) electrons. The average Bonchev–Trinajstić information content (AvgIpc) is 2.54. The van der Waals surface area contributed by atoms with Crippen LogP contribution in [0.3, 0.4) is 0 Å². The molecule has 0 saturated carbocycles. The van der Waals surface area contributed by atoms with E-state index in [1.165, 1.54) is 30.0 Å². The Morgan fingerprint density at radius 3 is 2.48 bits per heavy atom. The van der Waals surface area contributed by atoms with Crippen LogP contribution in [-0.2, 0) is 25.4 Å². The molecular weight excluding hydrogens is 294 g/mol. The Morgan fingerprint density at radius 1 is 1.17 bits per heavy atom. The van der Waals surface area contributed by atoms with Gasteiger partial charge in [-0.25, -0.2) is 4.79 Å². The summed E-state index contributed by atoms with van der Waals surface area (Å²) in [7, 11) is 2.95. The van der Waals surface area contributed by atoms with Gasteiger partial charge in [-0.1, -0.05) is 29.8 Å². The number of nitrogens with zero attached hydrogens (tertiary/aromatic N) is 2. The standard InChI is InChI=1S/C17H19N3O3/c1-12-4-6-13(7-5-12)10-18-15(21)9-8-14-11-19(2)17(23)20(3)16(14)22/h4-9,11H,10H2,1-3H3,(H,18,21)/b9-8+. The van der Waals surface area contributed by atoms with Crippen molar-refractivity contribution in [3.8, 4) is 0 Å². The molecule has 6 heteroatoms. The van der Waals surface area contributed by atoms with Crippen LogP contribution < -0.4 is 16.6 Å². The zero-order valence-electron chi connectivity index (χ0n) is 13.4. The quantitative estimate of drug-likeness (QED) is 0.846. The fraction of sp³-hybridized carbons (Fsp3) is 0.235. The molecule has 0 aliphatic heterocycles. The van der Waals surface area contributed by atoms with Crippen molar-refractivity contribution in [1.29, 1.82) is 0 Å². The molecule has 6 nitrogen and oxygen atoms in total. The van der Waals surface area contributed by atoms with Crippen LogP contribution in [0, 0.1) is 6.92 Å². The number of rotatable bonds is 4. The van der Waals surface area contributed by atoms with Crippen molar-refractivity contribution in [1.82, 2.24) is 14.5 Å². The van der Waals surface area contributed by atoms with Crippen LogP contribution in [0.1, 0.15) is 16.7 Å². The van der Waals surface area contributed by atoms with Crippen molar-refractivity contribution < 1.29 is 4.79 Å². The topological polar surface area (TPSA) is 73.1 Å². The molecule has 0 unspecified atom stereocenters. The molecule has 0 bridgehead atoms. The van der Waals surface area contributed by atoms with Crippen LogP contribution in [0.5, 0.6) is 0 Å². The largest absolute Gasteiger partial charge is 0.348 e. The number of hydrogen-bond acceptors (Lipinski definition) is 3. The van der Waals surface area contributed by atoms with E-state index >= 15 is 0 Å². The maximum atomic E-state index is 11.9. The second-order valence-electron chi connectivity index (χ2n) is 5.38. The fourth-order valence-corrected chi connectivity index (χ4v) is 2.07. The zero-order chi connectivity index (χ0) is 17.0. The van der Waals surface area contributed by atoms with E-state index in [1.807, 2.05) is 31.2 Å². The Balaban J connectivity index is 2.06. The maximum absolute atomic E-state index is 11.9. The summed E-state index contributed by atoms with van der Waals surface area (Å²) in [4.78, 5) is 35.3. The second-order valence-corrected chi connectivity index (χ2v) is 5.38. The van der Waals surface area contributed by atoms with Gasteiger partial charge in [0, 0.05) is 32.9 Å². The molecule has 0 aliphatic carbocycles. The van der Waals surface area contributed by atoms with Crippen LogP contribution in [-0.4, -0.2) is 15.0 Å². The van der Waals surface area contributed by atoms with Crippen molar-refractivity contribution in [2.45, 2.75) is 13.5 Å². The van der Waals surface area contributed by atoms with E-state index in [-0.39, 0.29) is 11.5 Å². The first-order valence-corrected chi connectivity index (χ1v) is 7.16. The predicted octanol–water partition coefficient (Wildman–Crippen LogP) is 0.722. The van der Waals surface area contributed by atoms with E-state index in [2.05, 4.69) is 5.32 Å². The lowest BCUT2D eigenvalue weighted by atomic mass is 10.1. The Kier molecular flexibility index (Phi) is 4.95. The molecule has 2 rings (SSSR count). The summed E-state index contributed by atoms with van der Waals surface area (Å²) in [6.45, 7) is 2.41. The zero-order valence-corrected chi connectivity index (χ0v) is 13.4. The minimum Gasteiger partial charge on any atom is -0.348 e. The lowest BCUT2D eigenvalue weighted by Crippen LogP contribution is -2.37. The van der Waals surface area contributed by atoms with Crippen molar-refractivity contribution in [3.63, 3.8) is 0 Å². The molecule has 1 aromatic heterocycles. The Bertz CT molecular complexity index is 858. The van der Waals surface area contributed by atoms with Gasteiger partial charge in [-0.2, -0.15) is 0 Å². The molecule has 1 aromatic carbocycles. The molecule has 0 aliphatic rings. The van der Waals surface area contributed by atoms with Gasteiger partial charge in [0.1, 0.15) is 0 Å². The first kappa shape index (κ1) is 16.5. The molecule has 0 saturated heterocycles. The number of nitrogens with one attached hydrogen (secondary N) is 1. The van der Waals surface area contributed by atoms with Crippen LogP contribution in [0.4, 0.5) is 0 Å². The molecule has 1 heterocycles. The predicted molar refractivity (Wildman–Crippen MR) is 89.0 cm³/mol. The lowest BCUT2D eigenvalue weighted by molar-refractivity contribution is -0.116. The molecule has 0 spiro atoms. The number of carbonyl (C=O) groups is 1. The van der Waals surface area contributed by atoms with Crippen molar-refractivity contribution in [3.05, 3.63) is 74.1 Å². The summed E-state index contributed by atoms with van der Waals surface area (Å²) in [6.07, 6.45) is 4.11. The Labute approximate surface area is 133 Å². The van der Waals surface area contributed by atoms with Gasteiger partial charge in [0.15, 0.2) is 0 Å². The van der Waals surface area contributed by atoms with Gasteiger partial charge in [0.25, 0.3) is 5.56 Å². The summed E-state index contributed by atoms with van der Waals surface area (Å²) in [5.41, 5.74) is 1.59. The minimum atomic E-state index is -0.435. The third-order valence-electron chi connectivity index (χ3n) is 3.47. The Hall–Kier alpha value is -2.89. The van der Waals surface area contributed by atoms with Gasteiger partial charge in [-0.15, -0.1) is 0 Å². The SMILES string of the molecule is Cc1ccc(CNC(=O)/C=C/c2cn(C)c(=O)n(C)c2=O)cc1. The first-order valence-electron chi connectivity index (χ1n) is 7.16. The van der Waals surface area contributed by atoms with Gasteiger partial charge in [0.2, 0.25) is 5.91 Å². The van der Waals surface area contributed by atoms with Crippen molar-refractivity contribution >= 4 is 12.0 Å². The molecule has 0 atom stereocenters. The minimum absolute atomic E-state index is 0.278. The van der Waals surface area contributed by atoms with Crippen LogP contribution >= 0.6 is 0 Å². The number of carbonyl (C=O) groups excluding carboxylic acids is 1. The smallest absolute Gasteiger partial charge is 0.330 e. The van der Waals surface area contributed by atoms with Crippen molar-refractivity contribution in [2.24, 2.45) is 14.1 Å². The van der Waals surface area contributed by atoms with E-state index in [0.29, 0.717) is 6.54 Å². The number of aryl methyl sites for hydroxylation is 2. The van der Waals surface area contributed by atoms with E-state index in [9.17, 15) is 14.4 Å². The monoisotopic (exact) mass is 313 g/mol. The highest BCUT2D eigenvalue weighted by molar-refractivity contribution is 5.91. The molecule has 1 N–H and O–H groups in total. The first-order chi connectivity index (χ1) is 10.9. The maximum Gasteiger partial charge on any atom is 0.330 e. The molecular formula is C17H19N3O3. The Morgan fingerprint density at radius 2 is 1.83 bits per heavy atom. The summed E-state index contributed by atoms with van der Waals surface area (Å²) >= 11 is 0. The molecule has 0 fully saturated rings. The highest BCUT2D eigenvalue weighted by Gasteiger charge is 2.04. The van der Waals surface area contributed by atoms with Crippen LogP contribution in [0.15, 0.2) is 46.1 Å². The van der Waals surface area contributed by atoms with E-state index in [4.69, 9.17) is 0 Å². The molecule has 2 aromatic rings.